The van der Waals surface area contributed by atoms with Gasteiger partial charge in [-0.25, -0.2) is 0 Å². The van der Waals surface area contributed by atoms with Crippen molar-refractivity contribution in [1.82, 2.24) is 9.78 Å². The van der Waals surface area contributed by atoms with Crippen molar-refractivity contribution in [2.24, 2.45) is 12.8 Å². The van der Waals surface area contributed by atoms with Crippen LogP contribution in [-0.2, 0) is 11.8 Å². The molecule has 1 aromatic heterocycles. The third kappa shape index (κ3) is 2.76. The van der Waals surface area contributed by atoms with Gasteiger partial charge in [-0.2, -0.15) is 5.10 Å². The second-order valence-corrected chi connectivity index (χ2v) is 3.51. The smallest absolute Gasteiger partial charge is 0.219 e. The summed E-state index contributed by atoms with van der Waals surface area (Å²) in [7, 11) is 1.85. The number of primary amides is 1. The zero-order valence-corrected chi connectivity index (χ0v) is 8.74. The number of hydrogen-bond donors (Lipinski definition) is 2. The van der Waals surface area contributed by atoms with Gasteiger partial charge in [-0.3, -0.25) is 9.48 Å². The first kappa shape index (κ1) is 10.6. The summed E-state index contributed by atoms with van der Waals surface area (Å²) in [5, 5.41) is 7.34. The Morgan fingerprint density at radius 1 is 1.79 bits per heavy atom. The fraction of sp³-hybridized carbons (Fsp3) is 0.556. The van der Waals surface area contributed by atoms with Crippen LogP contribution in [0, 0.1) is 6.92 Å². The Hall–Kier alpha value is -1.52. The molecule has 0 spiro atoms. The summed E-state index contributed by atoms with van der Waals surface area (Å²) in [6.45, 7) is 3.83. The predicted molar refractivity (Wildman–Crippen MR) is 54.8 cm³/mol. The summed E-state index contributed by atoms with van der Waals surface area (Å²) in [6, 6.07) is 1.96. The predicted octanol–water partition coefficient (Wildman–Crippen LogP) is 0.404. The number of nitrogens with one attached hydrogen (secondary N) is 1. The van der Waals surface area contributed by atoms with E-state index in [0.717, 1.165) is 11.5 Å². The number of carbonyl (C=O) groups excluding carboxylic acids is 1. The molecular weight excluding hydrogens is 180 g/mol. The van der Waals surface area contributed by atoms with Crippen LogP contribution >= 0.6 is 0 Å². The van der Waals surface area contributed by atoms with E-state index in [1.807, 2.05) is 27.0 Å². The molecule has 0 saturated heterocycles. The molecule has 5 heteroatoms. The van der Waals surface area contributed by atoms with Gasteiger partial charge in [-0.15, -0.1) is 0 Å². The van der Waals surface area contributed by atoms with E-state index >= 15 is 0 Å². The van der Waals surface area contributed by atoms with Gasteiger partial charge in [0.25, 0.3) is 0 Å². The summed E-state index contributed by atoms with van der Waals surface area (Å²) in [5.41, 5.74) is 6.03. The lowest BCUT2D eigenvalue weighted by molar-refractivity contribution is -0.118. The molecule has 5 nitrogen and oxygen atoms in total. The van der Waals surface area contributed by atoms with Crippen LogP contribution in [0.1, 0.15) is 19.0 Å². The second-order valence-electron chi connectivity index (χ2n) is 3.51. The monoisotopic (exact) mass is 196 g/mol. The van der Waals surface area contributed by atoms with Crippen molar-refractivity contribution >= 4 is 11.7 Å². The summed E-state index contributed by atoms with van der Waals surface area (Å²) in [6.07, 6.45) is 0.324. The lowest BCUT2D eigenvalue weighted by atomic mass is 10.2. The fourth-order valence-electron chi connectivity index (χ4n) is 1.35. The minimum atomic E-state index is -0.302. The number of nitrogens with two attached hydrogens (primary N) is 1. The number of aryl methyl sites for hydroxylation is 2. The van der Waals surface area contributed by atoms with Gasteiger partial charge in [-0.05, 0) is 13.8 Å². The number of aromatic nitrogens is 2. The molecule has 14 heavy (non-hydrogen) atoms. The van der Waals surface area contributed by atoms with E-state index in [2.05, 4.69) is 10.4 Å². The van der Waals surface area contributed by atoms with E-state index in [0.29, 0.717) is 6.42 Å². The van der Waals surface area contributed by atoms with E-state index in [-0.39, 0.29) is 11.9 Å². The zero-order valence-electron chi connectivity index (χ0n) is 8.74. The van der Waals surface area contributed by atoms with Crippen LogP contribution in [0.15, 0.2) is 6.07 Å². The standard InChI is InChI=1S/C9H16N4O/c1-6(4-8(10)14)11-9-5-7(2)12-13(9)3/h5-6,11H,4H2,1-3H3,(H2,10,14). The highest BCUT2D eigenvalue weighted by molar-refractivity contribution is 5.74. The quantitative estimate of drug-likeness (QED) is 0.732. The summed E-state index contributed by atoms with van der Waals surface area (Å²) < 4.78 is 1.74. The normalized spacial score (nSPS) is 12.5. The largest absolute Gasteiger partial charge is 0.370 e. The molecule has 0 aliphatic heterocycles. The van der Waals surface area contributed by atoms with Crippen molar-refractivity contribution in [3.05, 3.63) is 11.8 Å². The molecule has 0 bridgehead atoms. The highest BCUT2D eigenvalue weighted by Gasteiger charge is 2.08. The molecule has 1 rings (SSSR count). The number of anilines is 1. The van der Waals surface area contributed by atoms with Gasteiger partial charge in [0.1, 0.15) is 5.82 Å². The molecule has 0 aliphatic carbocycles. The van der Waals surface area contributed by atoms with Crippen molar-refractivity contribution in [3.63, 3.8) is 0 Å². The fourth-order valence-corrected chi connectivity index (χ4v) is 1.35. The molecule has 1 heterocycles. The maximum absolute atomic E-state index is 10.6. The van der Waals surface area contributed by atoms with Crippen LogP contribution in [0.4, 0.5) is 5.82 Å². The first-order chi connectivity index (χ1) is 6.49. The third-order valence-electron chi connectivity index (χ3n) is 1.90. The molecule has 1 unspecified atom stereocenters. The molecule has 78 valence electrons. The summed E-state index contributed by atoms with van der Waals surface area (Å²) in [5.74, 6) is 0.597. The molecule has 1 aromatic rings. The molecule has 0 radical (unpaired) electrons. The Bertz CT molecular complexity index is 332. The molecule has 0 fully saturated rings. The van der Waals surface area contributed by atoms with E-state index in [1.165, 1.54) is 0 Å². The topological polar surface area (TPSA) is 72.9 Å². The number of nitrogens with zero attached hydrogens (tertiary/aromatic N) is 2. The second kappa shape index (κ2) is 4.13. The Morgan fingerprint density at radius 2 is 2.43 bits per heavy atom. The molecule has 0 aromatic carbocycles. The Morgan fingerprint density at radius 3 is 2.86 bits per heavy atom. The Labute approximate surface area is 83.3 Å². The van der Waals surface area contributed by atoms with Gasteiger partial charge in [0, 0.05) is 25.6 Å². The molecule has 1 amide bonds. The molecular formula is C9H16N4O. The lowest BCUT2D eigenvalue weighted by Crippen LogP contribution is -2.24. The third-order valence-corrected chi connectivity index (χ3v) is 1.90. The summed E-state index contributed by atoms with van der Waals surface area (Å²) >= 11 is 0. The number of carbonyl (C=O) groups is 1. The Kier molecular flexibility index (Phi) is 3.11. The molecule has 0 saturated carbocycles. The summed E-state index contributed by atoms with van der Waals surface area (Å²) in [4.78, 5) is 10.6. The van der Waals surface area contributed by atoms with E-state index in [4.69, 9.17) is 5.73 Å². The average molecular weight is 196 g/mol. The average Bonchev–Trinajstić information content (AvgIpc) is 2.28. The van der Waals surface area contributed by atoms with Crippen molar-refractivity contribution in [3.8, 4) is 0 Å². The first-order valence-electron chi connectivity index (χ1n) is 4.54. The van der Waals surface area contributed by atoms with Gasteiger partial charge < -0.3 is 11.1 Å². The van der Waals surface area contributed by atoms with E-state index in [9.17, 15) is 4.79 Å². The Balaban J connectivity index is 2.59. The zero-order chi connectivity index (χ0) is 10.7. The van der Waals surface area contributed by atoms with Crippen LogP contribution in [0.3, 0.4) is 0 Å². The lowest BCUT2D eigenvalue weighted by Gasteiger charge is -2.12. The van der Waals surface area contributed by atoms with Crippen molar-refractivity contribution in [2.75, 3.05) is 5.32 Å². The highest BCUT2D eigenvalue weighted by atomic mass is 16.1. The molecule has 0 aliphatic rings. The van der Waals surface area contributed by atoms with Gasteiger partial charge >= 0.3 is 0 Å². The van der Waals surface area contributed by atoms with Crippen LogP contribution in [0.5, 0.6) is 0 Å². The minimum absolute atomic E-state index is 0.0299. The highest BCUT2D eigenvalue weighted by Crippen LogP contribution is 2.10. The first-order valence-corrected chi connectivity index (χ1v) is 4.54. The SMILES string of the molecule is Cc1cc(NC(C)CC(N)=O)n(C)n1. The molecule has 1 atom stereocenters. The van der Waals surface area contributed by atoms with Crippen molar-refractivity contribution in [1.29, 1.82) is 0 Å². The van der Waals surface area contributed by atoms with Gasteiger partial charge in [0.05, 0.1) is 5.69 Å². The minimum Gasteiger partial charge on any atom is -0.370 e. The van der Waals surface area contributed by atoms with Crippen LogP contribution in [0.25, 0.3) is 0 Å². The van der Waals surface area contributed by atoms with Crippen molar-refractivity contribution in [2.45, 2.75) is 26.3 Å². The van der Waals surface area contributed by atoms with Crippen LogP contribution < -0.4 is 11.1 Å². The van der Waals surface area contributed by atoms with Gasteiger partial charge in [-0.1, -0.05) is 0 Å². The van der Waals surface area contributed by atoms with E-state index < -0.39 is 0 Å². The van der Waals surface area contributed by atoms with Crippen molar-refractivity contribution < 1.29 is 4.79 Å². The van der Waals surface area contributed by atoms with E-state index in [1.54, 1.807) is 4.68 Å². The number of amides is 1. The maximum Gasteiger partial charge on any atom is 0.219 e. The van der Waals surface area contributed by atoms with Gasteiger partial charge in [0.2, 0.25) is 5.91 Å². The van der Waals surface area contributed by atoms with Crippen LogP contribution in [-0.4, -0.2) is 21.7 Å². The number of hydrogen-bond acceptors (Lipinski definition) is 3. The van der Waals surface area contributed by atoms with Crippen LogP contribution in [0.2, 0.25) is 0 Å². The maximum atomic E-state index is 10.6. The number of rotatable bonds is 4. The molecule has 3 N–H and O–H groups in total. The van der Waals surface area contributed by atoms with Gasteiger partial charge in [0.15, 0.2) is 0 Å².